The topological polar surface area (TPSA) is 62.1 Å². The number of carbonyl (C=O) groups excluding carboxylic acids is 1. The Morgan fingerprint density at radius 2 is 2.04 bits per heavy atom. The van der Waals surface area contributed by atoms with Gasteiger partial charge in [-0.25, -0.2) is 0 Å². The maximum absolute atomic E-state index is 12.1. The molecule has 0 radical (unpaired) electrons. The molecule has 24 heavy (non-hydrogen) atoms. The van der Waals surface area contributed by atoms with Crippen molar-refractivity contribution in [3.05, 3.63) is 58.1 Å². The zero-order valence-corrected chi connectivity index (χ0v) is 14.6. The van der Waals surface area contributed by atoms with Crippen molar-refractivity contribution in [3.63, 3.8) is 0 Å². The molecule has 0 heterocycles. The Kier molecular flexibility index (Phi) is 5.83. The molecular formula is C19H19ClN2O2. The van der Waals surface area contributed by atoms with Crippen molar-refractivity contribution in [2.45, 2.75) is 26.7 Å². The molecule has 0 bridgehead atoms. The highest BCUT2D eigenvalue weighted by atomic mass is 35.5. The van der Waals surface area contributed by atoms with Crippen molar-refractivity contribution >= 4 is 23.2 Å². The third-order valence-corrected chi connectivity index (χ3v) is 3.84. The summed E-state index contributed by atoms with van der Waals surface area (Å²) in [5, 5.41) is 11.9. The Bertz CT molecular complexity index is 794. The van der Waals surface area contributed by atoms with Gasteiger partial charge >= 0.3 is 0 Å². The molecule has 0 saturated heterocycles. The minimum Gasteiger partial charge on any atom is -0.483 e. The summed E-state index contributed by atoms with van der Waals surface area (Å²) >= 11 is 5.95. The Morgan fingerprint density at radius 1 is 1.29 bits per heavy atom. The smallest absolute Gasteiger partial charge is 0.262 e. The van der Waals surface area contributed by atoms with Gasteiger partial charge in [-0.15, -0.1) is 0 Å². The van der Waals surface area contributed by atoms with Crippen LogP contribution in [0.2, 0.25) is 5.02 Å². The zero-order valence-electron chi connectivity index (χ0n) is 13.9. The SMILES string of the molecule is Cc1ccc(C(C)C)c(OCC(=O)Nc2ccc(C#N)c(Cl)c2)c1. The van der Waals surface area contributed by atoms with Gasteiger partial charge in [-0.2, -0.15) is 5.26 Å². The van der Waals surface area contributed by atoms with Crippen molar-refractivity contribution in [3.8, 4) is 11.8 Å². The van der Waals surface area contributed by atoms with E-state index in [2.05, 4.69) is 19.2 Å². The summed E-state index contributed by atoms with van der Waals surface area (Å²) < 4.78 is 5.69. The van der Waals surface area contributed by atoms with E-state index in [-0.39, 0.29) is 12.5 Å². The molecule has 0 fully saturated rings. The maximum Gasteiger partial charge on any atom is 0.262 e. The predicted molar refractivity (Wildman–Crippen MR) is 95.6 cm³/mol. The first-order chi connectivity index (χ1) is 11.4. The minimum absolute atomic E-state index is 0.0964. The van der Waals surface area contributed by atoms with Crippen LogP contribution in [0.3, 0.4) is 0 Å². The molecule has 0 unspecified atom stereocenters. The van der Waals surface area contributed by atoms with Crippen LogP contribution < -0.4 is 10.1 Å². The Labute approximate surface area is 147 Å². The number of anilines is 1. The van der Waals surface area contributed by atoms with Gasteiger partial charge in [0.05, 0.1) is 10.6 Å². The number of amides is 1. The normalized spacial score (nSPS) is 10.3. The average Bonchev–Trinajstić information content (AvgIpc) is 2.53. The molecule has 124 valence electrons. The molecule has 5 heteroatoms. The average molecular weight is 343 g/mol. The van der Waals surface area contributed by atoms with E-state index in [0.717, 1.165) is 16.9 Å². The Balaban J connectivity index is 2.03. The number of hydrogen-bond donors (Lipinski definition) is 1. The summed E-state index contributed by atoms with van der Waals surface area (Å²) in [6.07, 6.45) is 0. The summed E-state index contributed by atoms with van der Waals surface area (Å²) in [6, 6.07) is 12.7. The molecule has 1 N–H and O–H groups in total. The molecule has 0 aliphatic heterocycles. The lowest BCUT2D eigenvalue weighted by atomic mass is 10.0. The lowest BCUT2D eigenvalue weighted by molar-refractivity contribution is -0.118. The van der Waals surface area contributed by atoms with Crippen LogP contribution >= 0.6 is 11.6 Å². The zero-order chi connectivity index (χ0) is 17.7. The number of nitrogens with one attached hydrogen (secondary N) is 1. The second-order valence-electron chi connectivity index (χ2n) is 5.84. The van der Waals surface area contributed by atoms with Gasteiger partial charge in [0.25, 0.3) is 5.91 Å². The molecular weight excluding hydrogens is 324 g/mol. The van der Waals surface area contributed by atoms with Crippen LogP contribution in [0.4, 0.5) is 5.69 Å². The highest BCUT2D eigenvalue weighted by Crippen LogP contribution is 2.27. The summed E-state index contributed by atoms with van der Waals surface area (Å²) in [5.74, 6) is 0.742. The standard InChI is InChI=1S/C19H19ClN2O2/c1-12(2)16-7-4-13(3)8-18(16)24-11-19(23)22-15-6-5-14(10-21)17(20)9-15/h4-9,12H,11H2,1-3H3,(H,22,23). The van der Waals surface area contributed by atoms with E-state index < -0.39 is 0 Å². The van der Waals surface area contributed by atoms with Gasteiger partial charge in [0, 0.05) is 5.69 Å². The van der Waals surface area contributed by atoms with E-state index in [0.29, 0.717) is 22.2 Å². The van der Waals surface area contributed by atoms with E-state index >= 15 is 0 Å². The van der Waals surface area contributed by atoms with Crippen molar-refractivity contribution in [1.29, 1.82) is 5.26 Å². The van der Waals surface area contributed by atoms with Crippen LogP contribution in [0, 0.1) is 18.3 Å². The van der Waals surface area contributed by atoms with Gasteiger partial charge in [-0.05, 0) is 48.2 Å². The maximum atomic E-state index is 12.1. The predicted octanol–water partition coefficient (Wildman–Crippen LogP) is 4.66. The lowest BCUT2D eigenvalue weighted by Crippen LogP contribution is -2.20. The summed E-state index contributed by atoms with van der Waals surface area (Å²) in [6.45, 7) is 6.04. The van der Waals surface area contributed by atoms with Gasteiger partial charge in [0.2, 0.25) is 0 Å². The molecule has 0 aliphatic rings. The van der Waals surface area contributed by atoms with Gasteiger partial charge in [-0.3, -0.25) is 4.79 Å². The number of halogens is 1. The molecule has 0 spiro atoms. The lowest BCUT2D eigenvalue weighted by Gasteiger charge is -2.15. The molecule has 0 aliphatic carbocycles. The van der Waals surface area contributed by atoms with Crippen molar-refractivity contribution in [2.75, 3.05) is 11.9 Å². The van der Waals surface area contributed by atoms with Crippen LogP contribution in [-0.4, -0.2) is 12.5 Å². The fourth-order valence-corrected chi connectivity index (χ4v) is 2.49. The molecule has 2 aromatic rings. The monoisotopic (exact) mass is 342 g/mol. The highest BCUT2D eigenvalue weighted by Gasteiger charge is 2.11. The molecule has 0 atom stereocenters. The molecule has 4 nitrogen and oxygen atoms in total. The first-order valence-electron chi connectivity index (χ1n) is 7.63. The van der Waals surface area contributed by atoms with Crippen molar-refractivity contribution in [1.82, 2.24) is 0 Å². The molecule has 2 aromatic carbocycles. The fourth-order valence-electron chi connectivity index (χ4n) is 2.27. The number of ether oxygens (including phenoxy) is 1. The Hall–Kier alpha value is -2.51. The van der Waals surface area contributed by atoms with E-state index in [9.17, 15) is 4.79 Å². The largest absolute Gasteiger partial charge is 0.483 e. The van der Waals surface area contributed by atoms with E-state index in [4.69, 9.17) is 21.6 Å². The quantitative estimate of drug-likeness (QED) is 0.859. The van der Waals surface area contributed by atoms with Crippen LogP contribution in [0.1, 0.15) is 36.5 Å². The fraction of sp³-hybridized carbons (Fsp3) is 0.263. The number of hydrogen-bond acceptors (Lipinski definition) is 3. The van der Waals surface area contributed by atoms with Gasteiger partial charge < -0.3 is 10.1 Å². The highest BCUT2D eigenvalue weighted by molar-refractivity contribution is 6.32. The summed E-state index contributed by atoms with van der Waals surface area (Å²) in [7, 11) is 0. The number of carbonyl (C=O) groups is 1. The number of nitriles is 1. The van der Waals surface area contributed by atoms with E-state index in [1.165, 1.54) is 0 Å². The van der Waals surface area contributed by atoms with Crippen LogP contribution in [-0.2, 0) is 4.79 Å². The number of rotatable bonds is 5. The number of nitrogens with zero attached hydrogens (tertiary/aromatic N) is 1. The van der Waals surface area contributed by atoms with Gasteiger partial charge in [0.1, 0.15) is 11.8 Å². The minimum atomic E-state index is -0.285. The second kappa shape index (κ2) is 7.85. The van der Waals surface area contributed by atoms with E-state index in [1.807, 2.05) is 31.2 Å². The second-order valence-corrected chi connectivity index (χ2v) is 6.25. The number of benzene rings is 2. The molecule has 0 saturated carbocycles. The van der Waals surface area contributed by atoms with Crippen LogP contribution in [0.15, 0.2) is 36.4 Å². The van der Waals surface area contributed by atoms with Crippen LogP contribution in [0.5, 0.6) is 5.75 Å². The molecule has 0 aromatic heterocycles. The van der Waals surface area contributed by atoms with Crippen molar-refractivity contribution in [2.24, 2.45) is 0 Å². The van der Waals surface area contributed by atoms with Crippen LogP contribution in [0.25, 0.3) is 0 Å². The first-order valence-corrected chi connectivity index (χ1v) is 8.01. The number of aryl methyl sites for hydroxylation is 1. The third kappa shape index (κ3) is 4.50. The summed E-state index contributed by atoms with van der Waals surface area (Å²) in [4.78, 5) is 12.1. The third-order valence-electron chi connectivity index (χ3n) is 3.52. The van der Waals surface area contributed by atoms with Crippen molar-refractivity contribution < 1.29 is 9.53 Å². The molecule has 2 rings (SSSR count). The van der Waals surface area contributed by atoms with Gasteiger partial charge in [0.15, 0.2) is 6.61 Å². The van der Waals surface area contributed by atoms with Gasteiger partial charge in [-0.1, -0.05) is 37.6 Å². The summed E-state index contributed by atoms with van der Waals surface area (Å²) in [5.41, 5.74) is 3.04. The Morgan fingerprint density at radius 3 is 2.67 bits per heavy atom. The molecule has 1 amide bonds. The first kappa shape index (κ1) is 17.8. The van der Waals surface area contributed by atoms with E-state index in [1.54, 1.807) is 18.2 Å².